The first-order chi connectivity index (χ1) is 13.6. The van der Waals surface area contributed by atoms with Gasteiger partial charge >= 0.3 is 6.36 Å². The molecule has 0 spiro atoms. The number of halogens is 3. The van der Waals surface area contributed by atoms with Gasteiger partial charge in [-0.05, 0) is 55.3 Å². The molecule has 10 heteroatoms. The van der Waals surface area contributed by atoms with Crippen molar-refractivity contribution in [2.45, 2.75) is 30.5 Å². The second kappa shape index (κ2) is 8.42. The largest absolute Gasteiger partial charge is 0.573 e. The van der Waals surface area contributed by atoms with Crippen molar-refractivity contribution in [1.29, 1.82) is 0 Å². The molecule has 0 atom stereocenters. The Bertz CT molecular complexity index is 970. The molecule has 0 aromatic heterocycles. The molecule has 2 aromatic carbocycles. The molecule has 0 unspecified atom stereocenters. The summed E-state index contributed by atoms with van der Waals surface area (Å²) in [6, 6.07) is 10.3. The smallest absolute Gasteiger partial charge is 0.406 e. The third-order valence-corrected chi connectivity index (χ3v) is 6.29. The summed E-state index contributed by atoms with van der Waals surface area (Å²) in [5.41, 5.74) is 0.368. The van der Waals surface area contributed by atoms with E-state index in [0.29, 0.717) is 13.1 Å². The summed E-state index contributed by atoms with van der Waals surface area (Å²) >= 11 is 0. The fraction of sp³-hybridized carbons (Fsp3) is 0.316. The highest BCUT2D eigenvalue weighted by Gasteiger charge is 2.31. The Hall–Kier alpha value is -2.59. The van der Waals surface area contributed by atoms with Gasteiger partial charge in [-0.1, -0.05) is 12.5 Å². The number of benzene rings is 2. The van der Waals surface area contributed by atoms with Gasteiger partial charge in [0.25, 0.3) is 5.91 Å². The average molecular weight is 428 g/mol. The van der Waals surface area contributed by atoms with E-state index in [1.54, 1.807) is 0 Å². The van der Waals surface area contributed by atoms with Crippen molar-refractivity contribution in [3.05, 3.63) is 54.1 Å². The fourth-order valence-corrected chi connectivity index (χ4v) is 4.56. The molecule has 3 rings (SSSR count). The lowest BCUT2D eigenvalue weighted by molar-refractivity contribution is -0.274. The number of nitrogens with zero attached hydrogens (tertiary/aromatic N) is 1. The number of hydrogen-bond acceptors (Lipinski definition) is 4. The predicted octanol–water partition coefficient (Wildman–Crippen LogP) is 4.01. The van der Waals surface area contributed by atoms with E-state index in [1.165, 1.54) is 40.7 Å². The van der Waals surface area contributed by atoms with Crippen molar-refractivity contribution in [1.82, 2.24) is 4.31 Å². The zero-order valence-electron chi connectivity index (χ0n) is 15.3. The van der Waals surface area contributed by atoms with E-state index in [-0.39, 0.29) is 16.1 Å². The normalized spacial score (nSPS) is 15.7. The fourth-order valence-electron chi connectivity index (χ4n) is 3.00. The van der Waals surface area contributed by atoms with Gasteiger partial charge in [-0.3, -0.25) is 4.79 Å². The first-order valence-electron chi connectivity index (χ1n) is 8.92. The molecular formula is C19H19F3N2O4S. The molecule has 156 valence electrons. The molecule has 1 aliphatic heterocycles. The average Bonchev–Trinajstić information content (AvgIpc) is 2.69. The first-order valence-corrected chi connectivity index (χ1v) is 10.4. The van der Waals surface area contributed by atoms with Crippen LogP contribution in [-0.2, 0) is 10.0 Å². The molecule has 29 heavy (non-hydrogen) atoms. The number of piperidine rings is 1. The highest BCUT2D eigenvalue weighted by molar-refractivity contribution is 7.89. The molecule has 1 fully saturated rings. The number of anilines is 1. The Morgan fingerprint density at radius 2 is 1.66 bits per heavy atom. The van der Waals surface area contributed by atoms with Crippen molar-refractivity contribution < 1.29 is 31.1 Å². The predicted molar refractivity (Wildman–Crippen MR) is 100 cm³/mol. The van der Waals surface area contributed by atoms with Crippen LogP contribution in [0.25, 0.3) is 0 Å². The monoisotopic (exact) mass is 428 g/mol. The molecule has 6 nitrogen and oxygen atoms in total. The number of carbonyl (C=O) groups is 1. The van der Waals surface area contributed by atoms with E-state index >= 15 is 0 Å². The van der Waals surface area contributed by atoms with Gasteiger partial charge in [0.05, 0.1) is 4.90 Å². The van der Waals surface area contributed by atoms with E-state index in [4.69, 9.17) is 0 Å². The number of amides is 1. The highest BCUT2D eigenvalue weighted by Crippen LogP contribution is 2.25. The molecule has 1 heterocycles. The number of carbonyl (C=O) groups excluding carboxylic acids is 1. The van der Waals surface area contributed by atoms with E-state index < -0.39 is 28.0 Å². The van der Waals surface area contributed by atoms with Crippen molar-refractivity contribution in [2.24, 2.45) is 0 Å². The SMILES string of the molecule is O=C(Nc1ccc(OC(F)(F)F)cc1)c1cccc(S(=O)(=O)N2CCCCC2)c1. The minimum atomic E-state index is -4.80. The van der Waals surface area contributed by atoms with Crippen LogP contribution in [0.2, 0.25) is 0 Å². The summed E-state index contributed by atoms with van der Waals surface area (Å²) < 4.78 is 67.3. The van der Waals surface area contributed by atoms with Gasteiger partial charge in [-0.25, -0.2) is 8.42 Å². The lowest BCUT2D eigenvalue weighted by atomic mass is 10.2. The van der Waals surface area contributed by atoms with Crippen LogP contribution in [0.1, 0.15) is 29.6 Å². The van der Waals surface area contributed by atoms with Gasteiger partial charge in [-0.2, -0.15) is 4.31 Å². The third kappa shape index (κ3) is 5.48. The lowest BCUT2D eigenvalue weighted by Crippen LogP contribution is -2.35. The second-order valence-electron chi connectivity index (χ2n) is 6.52. The summed E-state index contributed by atoms with van der Waals surface area (Å²) in [6.45, 7) is 0.899. The van der Waals surface area contributed by atoms with Crippen molar-refractivity contribution in [3.8, 4) is 5.75 Å². The Morgan fingerprint density at radius 3 is 2.28 bits per heavy atom. The molecule has 1 N–H and O–H groups in total. The van der Waals surface area contributed by atoms with Gasteiger partial charge < -0.3 is 10.1 Å². The Labute approximate surface area is 166 Å². The summed E-state index contributed by atoms with van der Waals surface area (Å²) in [5.74, 6) is -0.990. The molecule has 0 radical (unpaired) electrons. The van der Waals surface area contributed by atoms with Gasteiger partial charge in [0.15, 0.2) is 0 Å². The van der Waals surface area contributed by atoms with Crippen LogP contribution >= 0.6 is 0 Å². The maximum absolute atomic E-state index is 12.8. The van der Waals surface area contributed by atoms with Gasteiger partial charge in [-0.15, -0.1) is 13.2 Å². The van der Waals surface area contributed by atoms with Crippen LogP contribution in [0.4, 0.5) is 18.9 Å². The third-order valence-electron chi connectivity index (χ3n) is 4.39. The first kappa shape index (κ1) is 21.1. The standard InChI is InChI=1S/C19H19F3N2O4S/c20-19(21,22)28-16-9-7-15(8-10-16)23-18(25)14-5-4-6-17(13-14)29(26,27)24-11-2-1-3-12-24/h4-10,13H,1-3,11-12H2,(H,23,25). The summed E-state index contributed by atoms with van der Waals surface area (Å²) in [6.07, 6.45) is -2.22. The zero-order chi connectivity index (χ0) is 21.1. The van der Waals surface area contributed by atoms with Gasteiger partial charge in [0, 0.05) is 24.3 Å². The minimum absolute atomic E-state index is 0.0287. The topological polar surface area (TPSA) is 75.7 Å². The quantitative estimate of drug-likeness (QED) is 0.781. The Morgan fingerprint density at radius 1 is 1.00 bits per heavy atom. The van der Waals surface area contributed by atoms with Gasteiger partial charge in [0.2, 0.25) is 10.0 Å². The summed E-state index contributed by atoms with van der Waals surface area (Å²) in [5, 5.41) is 2.52. The molecule has 0 saturated carbocycles. The van der Waals surface area contributed by atoms with Crippen molar-refractivity contribution in [3.63, 3.8) is 0 Å². The van der Waals surface area contributed by atoms with Crippen molar-refractivity contribution in [2.75, 3.05) is 18.4 Å². The number of hydrogen-bond donors (Lipinski definition) is 1. The van der Waals surface area contributed by atoms with Crippen molar-refractivity contribution >= 4 is 21.6 Å². The summed E-state index contributed by atoms with van der Waals surface area (Å²) in [7, 11) is -3.68. The minimum Gasteiger partial charge on any atom is -0.406 e. The van der Waals surface area contributed by atoms with E-state index in [0.717, 1.165) is 31.4 Å². The maximum Gasteiger partial charge on any atom is 0.573 e. The summed E-state index contributed by atoms with van der Waals surface area (Å²) in [4.78, 5) is 12.5. The Balaban J connectivity index is 1.72. The number of ether oxygens (including phenoxy) is 1. The number of rotatable bonds is 5. The van der Waals surface area contributed by atoms with E-state index in [1.807, 2.05) is 0 Å². The van der Waals surface area contributed by atoms with Gasteiger partial charge in [0.1, 0.15) is 5.75 Å². The molecule has 1 aliphatic rings. The molecule has 1 saturated heterocycles. The van der Waals surface area contributed by atoms with Crippen LogP contribution in [0, 0.1) is 0 Å². The molecule has 0 aliphatic carbocycles. The zero-order valence-corrected chi connectivity index (χ0v) is 16.1. The maximum atomic E-state index is 12.8. The second-order valence-corrected chi connectivity index (χ2v) is 8.46. The highest BCUT2D eigenvalue weighted by atomic mass is 32.2. The molecule has 0 bridgehead atoms. The number of nitrogens with one attached hydrogen (secondary N) is 1. The molecule has 2 aromatic rings. The van der Waals surface area contributed by atoms with Crippen LogP contribution in [0.3, 0.4) is 0 Å². The number of alkyl halides is 3. The lowest BCUT2D eigenvalue weighted by Gasteiger charge is -2.26. The van der Waals surface area contributed by atoms with E-state index in [9.17, 15) is 26.4 Å². The van der Waals surface area contributed by atoms with Crippen LogP contribution in [-0.4, -0.2) is 38.1 Å². The van der Waals surface area contributed by atoms with Crippen LogP contribution in [0.15, 0.2) is 53.4 Å². The molecular weight excluding hydrogens is 409 g/mol. The Kier molecular flexibility index (Phi) is 6.13. The number of sulfonamides is 1. The van der Waals surface area contributed by atoms with Crippen LogP contribution < -0.4 is 10.1 Å². The van der Waals surface area contributed by atoms with Crippen LogP contribution in [0.5, 0.6) is 5.75 Å². The molecule has 1 amide bonds. The van der Waals surface area contributed by atoms with E-state index in [2.05, 4.69) is 10.1 Å².